The van der Waals surface area contributed by atoms with Gasteiger partial charge in [0.05, 0.1) is 0 Å². The molecule has 5 nitrogen and oxygen atoms in total. The van der Waals surface area contributed by atoms with E-state index in [-0.39, 0.29) is 20.0 Å². The van der Waals surface area contributed by atoms with E-state index in [1.165, 1.54) is 0 Å². The summed E-state index contributed by atoms with van der Waals surface area (Å²) in [5.74, 6) is 0. The summed E-state index contributed by atoms with van der Waals surface area (Å²) in [6.45, 7) is 11.8. The summed E-state index contributed by atoms with van der Waals surface area (Å²) < 4.78 is 30.8. The van der Waals surface area contributed by atoms with E-state index in [1.54, 1.807) is 17.1 Å². The molecular weight excluding hydrogens is 437 g/mol. The maximum atomic E-state index is 6.83. The summed E-state index contributed by atoms with van der Waals surface area (Å²) in [6, 6.07) is 19.9. The van der Waals surface area contributed by atoms with Gasteiger partial charge < -0.3 is 20.6 Å². The minimum Gasteiger partial charge on any atom is -0.412 e. The molecule has 0 N–H and O–H groups in total. The highest BCUT2D eigenvalue weighted by Gasteiger charge is 2.51. The lowest BCUT2D eigenvalue weighted by Crippen LogP contribution is -2.69. The number of hydrogen-bond acceptors (Lipinski definition) is 5. The van der Waals surface area contributed by atoms with Crippen molar-refractivity contribution in [1.82, 2.24) is 0 Å². The highest BCUT2D eigenvalue weighted by Crippen LogP contribution is 2.22. The number of benzene rings is 2. The van der Waals surface area contributed by atoms with Gasteiger partial charge in [-0.3, -0.25) is 0 Å². The number of hydrogen-bond donors (Lipinski definition) is 0. The van der Waals surface area contributed by atoms with Gasteiger partial charge in [-0.25, -0.2) is 0 Å². The molecule has 0 aliphatic carbocycles. The monoisotopic (exact) mass is 455 g/mol. The van der Waals surface area contributed by atoms with Crippen molar-refractivity contribution in [2.24, 2.45) is 0 Å². The van der Waals surface area contributed by atoms with Gasteiger partial charge >= 0.3 is 46.4 Å². The van der Waals surface area contributed by atoms with E-state index >= 15 is 0 Å². The largest absolute Gasteiger partial charge is 0.413 e. The third-order valence-electron chi connectivity index (χ3n) is 4.02. The Hall–Kier alpha value is -1.46. The van der Waals surface area contributed by atoms with E-state index in [1.807, 2.05) is 60.7 Å². The third-order valence-corrected chi connectivity index (χ3v) is 15.5. The Labute approximate surface area is 174 Å². The van der Waals surface area contributed by atoms with Gasteiger partial charge in [0.1, 0.15) is 0 Å². The first kappa shape index (κ1) is 21.3. The Bertz CT molecular complexity index is 757. The van der Waals surface area contributed by atoms with Crippen LogP contribution in [0.2, 0.25) is 0 Å². The second-order valence-electron chi connectivity index (χ2n) is 5.68. The standard InChI is InChI=1S/C18H19O5Si5/c1-4-26-20-24-19-25-21-28(17-13-9-7-10-14-17,18-15-11-8-12-16-18)23-27(5-2,6-3)22-26/h4-16H,1-3H2. The number of rotatable bonds is 5. The molecular formula is C18H19O5Si5. The van der Waals surface area contributed by atoms with Gasteiger partial charge in [0, 0.05) is 0 Å². The molecule has 0 aromatic heterocycles. The zero-order chi connectivity index (χ0) is 19.9. The van der Waals surface area contributed by atoms with Crippen molar-refractivity contribution in [2.75, 3.05) is 0 Å². The van der Waals surface area contributed by atoms with Crippen molar-refractivity contribution in [1.29, 1.82) is 0 Å². The van der Waals surface area contributed by atoms with Gasteiger partial charge in [-0.15, -0.1) is 19.7 Å². The first-order chi connectivity index (χ1) is 13.7. The van der Waals surface area contributed by atoms with Crippen LogP contribution in [0.3, 0.4) is 0 Å². The van der Waals surface area contributed by atoms with E-state index in [0.29, 0.717) is 0 Å². The zero-order valence-electron chi connectivity index (χ0n) is 15.2. The molecule has 0 unspecified atom stereocenters. The normalized spacial score (nSPS) is 20.0. The Morgan fingerprint density at radius 2 is 1.39 bits per heavy atom. The smallest absolute Gasteiger partial charge is 0.412 e. The van der Waals surface area contributed by atoms with Gasteiger partial charge in [-0.1, -0.05) is 60.7 Å². The maximum Gasteiger partial charge on any atom is 0.413 e. The Balaban J connectivity index is 2.18. The van der Waals surface area contributed by atoms with E-state index in [0.717, 1.165) is 10.4 Å². The summed E-state index contributed by atoms with van der Waals surface area (Å²) in [4.78, 5) is 0. The van der Waals surface area contributed by atoms with Crippen molar-refractivity contribution in [3.8, 4) is 0 Å². The molecule has 0 atom stereocenters. The molecule has 0 spiro atoms. The first-order valence-electron chi connectivity index (χ1n) is 8.45. The van der Waals surface area contributed by atoms with Crippen LogP contribution in [0.4, 0.5) is 0 Å². The van der Waals surface area contributed by atoms with Crippen molar-refractivity contribution < 1.29 is 20.6 Å². The van der Waals surface area contributed by atoms with E-state index in [4.69, 9.17) is 20.6 Å². The van der Waals surface area contributed by atoms with Crippen molar-refractivity contribution in [3.63, 3.8) is 0 Å². The van der Waals surface area contributed by atoms with Gasteiger partial charge in [-0.2, -0.15) is 0 Å². The van der Waals surface area contributed by atoms with Crippen LogP contribution in [0.5, 0.6) is 0 Å². The lowest BCUT2D eigenvalue weighted by molar-refractivity contribution is 0.302. The van der Waals surface area contributed by atoms with Crippen LogP contribution in [-0.2, 0) is 20.6 Å². The third kappa shape index (κ3) is 4.57. The molecule has 0 amide bonds. The van der Waals surface area contributed by atoms with Crippen LogP contribution in [0.15, 0.2) is 97.5 Å². The van der Waals surface area contributed by atoms with Crippen LogP contribution in [-0.4, -0.2) is 46.4 Å². The Morgan fingerprint density at radius 3 is 1.89 bits per heavy atom. The van der Waals surface area contributed by atoms with Gasteiger partial charge in [0.2, 0.25) is 0 Å². The fraction of sp³-hybridized carbons (Fsp3) is 0. The van der Waals surface area contributed by atoms with Crippen LogP contribution in [0, 0.1) is 0 Å². The zero-order valence-corrected chi connectivity index (χ0v) is 20.2. The topological polar surface area (TPSA) is 46.2 Å². The average molecular weight is 456 g/mol. The molecule has 0 bridgehead atoms. The molecule has 1 aliphatic heterocycles. The lowest BCUT2D eigenvalue weighted by atomic mass is 10.4. The molecule has 5 radical (unpaired) electrons. The quantitative estimate of drug-likeness (QED) is 0.640. The molecule has 141 valence electrons. The Kier molecular flexibility index (Phi) is 7.47. The SMILES string of the molecule is C=C[Si]1O[Si]O[Si]O[Si](c2ccccc2)(c2ccccc2)O[Si](C=C)(C=C)O1. The molecule has 1 fully saturated rings. The summed E-state index contributed by atoms with van der Waals surface area (Å²) in [6.07, 6.45) is 0. The molecule has 1 aliphatic rings. The molecule has 10 heteroatoms. The average Bonchev–Trinajstić information content (AvgIpc) is 2.78. The first-order valence-corrected chi connectivity index (χ1v) is 15.3. The molecule has 1 saturated heterocycles. The highest BCUT2D eigenvalue weighted by molar-refractivity contribution is 7.01. The van der Waals surface area contributed by atoms with Crippen LogP contribution in [0.1, 0.15) is 0 Å². The minimum atomic E-state index is -3.18. The fourth-order valence-electron chi connectivity index (χ4n) is 2.65. The second-order valence-corrected chi connectivity index (χ2v) is 15.8. The summed E-state index contributed by atoms with van der Waals surface area (Å²) in [7, 11) is -8.52. The molecule has 0 saturated carbocycles. The van der Waals surface area contributed by atoms with E-state index in [9.17, 15) is 0 Å². The molecule has 3 rings (SSSR count). The predicted molar refractivity (Wildman–Crippen MR) is 117 cm³/mol. The van der Waals surface area contributed by atoms with Gasteiger partial charge in [-0.05, 0) is 27.5 Å². The minimum absolute atomic E-state index is 0.203. The summed E-state index contributed by atoms with van der Waals surface area (Å²) >= 11 is 0. The van der Waals surface area contributed by atoms with Crippen molar-refractivity contribution in [3.05, 3.63) is 97.5 Å². The van der Waals surface area contributed by atoms with E-state index < -0.39 is 26.4 Å². The van der Waals surface area contributed by atoms with Gasteiger partial charge in [0.15, 0.2) is 0 Å². The van der Waals surface area contributed by atoms with Crippen molar-refractivity contribution >= 4 is 56.8 Å². The fourth-order valence-corrected chi connectivity index (χ4v) is 15.0. The van der Waals surface area contributed by atoms with Crippen LogP contribution >= 0.6 is 0 Å². The summed E-state index contributed by atoms with van der Waals surface area (Å²) in [5.41, 5.74) is 5.09. The summed E-state index contributed by atoms with van der Waals surface area (Å²) in [5, 5.41) is 1.91. The van der Waals surface area contributed by atoms with Gasteiger partial charge in [0.25, 0.3) is 0 Å². The molecule has 28 heavy (non-hydrogen) atoms. The molecule has 1 heterocycles. The highest BCUT2D eigenvalue weighted by atomic mass is 28.5. The predicted octanol–water partition coefficient (Wildman–Crippen LogP) is 1.51. The lowest BCUT2D eigenvalue weighted by Gasteiger charge is -2.39. The van der Waals surface area contributed by atoms with Crippen LogP contribution in [0.25, 0.3) is 0 Å². The second kappa shape index (κ2) is 9.84. The van der Waals surface area contributed by atoms with Crippen LogP contribution < -0.4 is 10.4 Å². The van der Waals surface area contributed by atoms with Crippen molar-refractivity contribution in [2.45, 2.75) is 0 Å². The Morgan fingerprint density at radius 1 is 0.821 bits per heavy atom. The maximum absolute atomic E-state index is 6.83. The van der Waals surface area contributed by atoms with E-state index in [2.05, 4.69) is 19.7 Å². The molecule has 2 aromatic rings. The molecule has 2 aromatic carbocycles.